The molecule has 1 aliphatic heterocycles. The zero-order chi connectivity index (χ0) is 8.84. The molecule has 0 aromatic carbocycles. The maximum Gasteiger partial charge on any atom is 0.0573 e. The van der Waals surface area contributed by atoms with Crippen LogP contribution in [0.15, 0.2) is 6.20 Å². The van der Waals surface area contributed by atoms with Gasteiger partial charge in [-0.2, -0.15) is 5.10 Å². The summed E-state index contributed by atoms with van der Waals surface area (Å²) in [6.45, 7) is 1.80. The molecule has 1 aliphatic carbocycles. The van der Waals surface area contributed by atoms with Crippen LogP contribution in [0.5, 0.6) is 0 Å². The maximum absolute atomic E-state index is 5.99. The van der Waals surface area contributed by atoms with Gasteiger partial charge in [0.05, 0.1) is 24.5 Å². The minimum atomic E-state index is 0.673. The highest BCUT2D eigenvalue weighted by atomic mass is 35.5. The molecule has 0 spiro atoms. The number of hydrogen-bond donors (Lipinski definition) is 0. The van der Waals surface area contributed by atoms with E-state index < -0.39 is 0 Å². The summed E-state index contributed by atoms with van der Waals surface area (Å²) in [5.41, 5.74) is 2.73. The second-order valence-electron chi connectivity index (χ2n) is 3.89. The van der Waals surface area contributed by atoms with Gasteiger partial charge in [-0.3, -0.25) is 4.68 Å². The van der Waals surface area contributed by atoms with Crippen molar-refractivity contribution in [3.63, 3.8) is 0 Å². The lowest BCUT2D eigenvalue weighted by atomic mass is 10.1. The lowest BCUT2D eigenvalue weighted by molar-refractivity contribution is 0.404. The Balaban J connectivity index is 1.99. The summed E-state index contributed by atoms with van der Waals surface area (Å²) >= 11 is 5.99. The molecule has 1 aromatic heterocycles. The van der Waals surface area contributed by atoms with Crippen molar-refractivity contribution < 1.29 is 0 Å². The van der Waals surface area contributed by atoms with Crippen LogP contribution in [0.1, 0.15) is 30.1 Å². The Kier molecular flexibility index (Phi) is 1.64. The molecule has 4 heteroatoms. The molecule has 0 N–H and O–H groups in total. The summed E-state index contributed by atoms with van der Waals surface area (Å²) in [6, 6.07) is 0.673. The van der Waals surface area contributed by atoms with Gasteiger partial charge in [0.15, 0.2) is 0 Å². The summed E-state index contributed by atoms with van der Waals surface area (Å²) in [7, 11) is 0. The Hall–Kier alpha value is -0.540. The zero-order valence-corrected chi connectivity index (χ0v) is 8.17. The van der Waals surface area contributed by atoms with Crippen LogP contribution >= 0.6 is 11.8 Å². The van der Waals surface area contributed by atoms with Gasteiger partial charge in [0, 0.05) is 6.54 Å². The van der Waals surface area contributed by atoms with Crippen molar-refractivity contribution in [3.8, 4) is 0 Å². The predicted molar refractivity (Wildman–Crippen MR) is 50.5 cm³/mol. The molecular formula is C9H12ClN3. The average Bonchev–Trinajstić information content (AvgIpc) is 2.87. The van der Waals surface area contributed by atoms with Crippen LogP contribution in [-0.2, 0) is 13.0 Å². The second kappa shape index (κ2) is 2.72. The quantitative estimate of drug-likeness (QED) is 0.640. The minimum absolute atomic E-state index is 0.673. The van der Waals surface area contributed by atoms with E-state index >= 15 is 0 Å². The van der Waals surface area contributed by atoms with E-state index in [1.54, 1.807) is 0 Å². The molecule has 0 unspecified atom stereocenters. The molecule has 0 bridgehead atoms. The fourth-order valence-corrected chi connectivity index (χ4v) is 2.12. The largest absolute Gasteiger partial charge is 0.265 e. The summed E-state index contributed by atoms with van der Waals surface area (Å²) in [4.78, 5) is 0. The van der Waals surface area contributed by atoms with Crippen molar-refractivity contribution >= 4 is 11.8 Å². The van der Waals surface area contributed by atoms with Crippen molar-refractivity contribution in [3.05, 3.63) is 17.5 Å². The van der Waals surface area contributed by atoms with E-state index in [0.29, 0.717) is 6.04 Å². The Morgan fingerprint density at radius 3 is 3.08 bits per heavy atom. The Bertz CT molecular complexity index is 330. The number of halogens is 1. The number of aromatic nitrogens is 2. The first-order valence-electron chi connectivity index (χ1n) is 4.80. The molecule has 0 atom stereocenters. The zero-order valence-electron chi connectivity index (χ0n) is 7.41. The fraction of sp³-hybridized carbons (Fsp3) is 0.667. The van der Waals surface area contributed by atoms with E-state index in [9.17, 15) is 0 Å². The molecule has 0 radical (unpaired) electrons. The van der Waals surface area contributed by atoms with Crippen molar-refractivity contribution in [1.29, 1.82) is 0 Å². The van der Waals surface area contributed by atoms with Crippen LogP contribution in [0.4, 0.5) is 0 Å². The second-order valence-corrected chi connectivity index (χ2v) is 4.36. The van der Waals surface area contributed by atoms with Gasteiger partial charge in [-0.15, -0.1) is 0 Å². The standard InChI is InChI=1S/C9H12ClN3/c10-12-4-3-7-5-11-13(8-1-2-8)9(7)6-12/h5,8H,1-4,6H2. The Labute approximate surface area is 82.4 Å². The first-order chi connectivity index (χ1) is 6.34. The highest BCUT2D eigenvalue weighted by Gasteiger charge is 2.29. The number of fused-ring (bicyclic) bond motifs is 1. The topological polar surface area (TPSA) is 21.1 Å². The van der Waals surface area contributed by atoms with E-state index in [0.717, 1.165) is 19.5 Å². The van der Waals surface area contributed by atoms with Crippen molar-refractivity contribution in [2.75, 3.05) is 6.54 Å². The third-order valence-electron chi connectivity index (χ3n) is 2.82. The van der Waals surface area contributed by atoms with Crippen LogP contribution in [0.3, 0.4) is 0 Å². The first-order valence-corrected chi connectivity index (χ1v) is 5.14. The highest BCUT2D eigenvalue weighted by Crippen LogP contribution is 2.37. The lowest BCUT2D eigenvalue weighted by Crippen LogP contribution is -2.23. The third-order valence-corrected chi connectivity index (χ3v) is 3.11. The van der Waals surface area contributed by atoms with Crippen LogP contribution in [0.25, 0.3) is 0 Å². The third kappa shape index (κ3) is 1.27. The first kappa shape index (κ1) is 7.83. The molecule has 1 aromatic rings. The fourth-order valence-electron chi connectivity index (χ4n) is 1.92. The molecule has 0 amide bonds. The van der Waals surface area contributed by atoms with Crippen LogP contribution in [0, 0.1) is 0 Å². The van der Waals surface area contributed by atoms with Gasteiger partial charge in [-0.25, -0.2) is 4.42 Å². The highest BCUT2D eigenvalue weighted by molar-refractivity contribution is 6.13. The minimum Gasteiger partial charge on any atom is -0.265 e. The molecule has 1 saturated carbocycles. The van der Waals surface area contributed by atoms with Crippen molar-refractivity contribution in [2.24, 2.45) is 0 Å². The monoisotopic (exact) mass is 197 g/mol. The van der Waals surface area contributed by atoms with E-state index in [4.69, 9.17) is 11.8 Å². The van der Waals surface area contributed by atoms with E-state index in [2.05, 4.69) is 9.78 Å². The van der Waals surface area contributed by atoms with Gasteiger partial charge < -0.3 is 0 Å². The molecule has 2 aliphatic rings. The number of nitrogens with zero attached hydrogens (tertiary/aromatic N) is 3. The molecule has 1 fully saturated rings. The summed E-state index contributed by atoms with van der Waals surface area (Å²) in [5, 5.41) is 4.43. The molecule has 3 nitrogen and oxygen atoms in total. The van der Waals surface area contributed by atoms with Gasteiger partial charge in [0.1, 0.15) is 0 Å². The molecular weight excluding hydrogens is 186 g/mol. The summed E-state index contributed by atoms with van der Waals surface area (Å²) in [5.74, 6) is 0. The van der Waals surface area contributed by atoms with Gasteiger partial charge in [0.2, 0.25) is 0 Å². The van der Waals surface area contributed by atoms with Crippen LogP contribution in [-0.4, -0.2) is 20.7 Å². The normalized spacial score (nSPS) is 23.2. The SMILES string of the molecule is ClN1CCc2cnn(C3CC3)c2C1. The van der Waals surface area contributed by atoms with Gasteiger partial charge >= 0.3 is 0 Å². The predicted octanol–water partition coefficient (Wildman–Crippen LogP) is 1.73. The Morgan fingerprint density at radius 2 is 2.31 bits per heavy atom. The van der Waals surface area contributed by atoms with Crippen molar-refractivity contribution in [2.45, 2.75) is 31.8 Å². The van der Waals surface area contributed by atoms with Gasteiger partial charge in [-0.05, 0) is 36.6 Å². The molecule has 3 rings (SSSR count). The summed E-state index contributed by atoms with van der Waals surface area (Å²) < 4.78 is 4.02. The molecule has 0 saturated heterocycles. The maximum atomic E-state index is 5.99. The van der Waals surface area contributed by atoms with Gasteiger partial charge in [-0.1, -0.05) is 0 Å². The van der Waals surface area contributed by atoms with E-state index in [1.807, 2.05) is 10.6 Å². The van der Waals surface area contributed by atoms with Gasteiger partial charge in [0.25, 0.3) is 0 Å². The number of hydrogen-bond acceptors (Lipinski definition) is 2. The number of rotatable bonds is 1. The summed E-state index contributed by atoms with van der Waals surface area (Å²) in [6.07, 6.45) is 5.63. The van der Waals surface area contributed by atoms with E-state index in [-0.39, 0.29) is 0 Å². The van der Waals surface area contributed by atoms with Crippen LogP contribution < -0.4 is 0 Å². The molecule has 2 heterocycles. The smallest absolute Gasteiger partial charge is 0.0573 e. The van der Waals surface area contributed by atoms with E-state index in [1.165, 1.54) is 24.1 Å². The van der Waals surface area contributed by atoms with Crippen molar-refractivity contribution in [1.82, 2.24) is 14.2 Å². The lowest BCUT2D eigenvalue weighted by Gasteiger charge is -2.20. The molecule has 70 valence electrons. The Morgan fingerprint density at radius 1 is 1.46 bits per heavy atom. The average molecular weight is 198 g/mol. The molecule has 13 heavy (non-hydrogen) atoms. The van der Waals surface area contributed by atoms with Crippen LogP contribution in [0.2, 0.25) is 0 Å².